The number of piperazine rings is 1. The molecule has 0 atom stereocenters. The van der Waals surface area contributed by atoms with Gasteiger partial charge in [-0.05, 0) is 56.3 Å². The lowest BCUT2D eigenvalue weighted by Gasteiger charge is -2.34. The Kier molecular flexibility index (Phi) is 6.83. The lowest BCUT2D eigenvalue weighted by Crippen LogP contribution is -2.44. The Bertz CT molecular complexity index is 1770. The van der Waals surface area contributed by atoms with Gasteiger partial charge in [0.05, 0.1) is 28.6 Å². The van der Waals surface area contributed by atoms with Gasteiger partial charge in [-0.1, -0.05) is 23.8 Å². The van der Waals surface area contributed by atoms with E-state index < -0.39 is 0 Å². The zero-order valence-electron chi connectivity index (χ0n) is 23.3. The van der Waals surface area contributed by atoms with Crippen molar-refractivity contribution in [3.63, 3.8) is 0 Å². The van der Waals surface area contributed by atoms with Crippen LogP contribution >= 0.6 is 11.6 Å². The molecule has 3 aliphatic heterocycles. The van der Waals surface area contributed by atoms with Crippen LogP contribution in [0.15, 0.2) is 59.5 Å². The Morgan fingerprint density at radius 2 is 1.83 bits per heavy atom. The summed E-state index contributed by atoms with van der Waals surface area (Å²) in [5.41, 5.74) is 3.40. The SMILES string of the molecule is CN1CCN(c2ccc(Nc3ncc4c(=O)n5n(c4n3)-c3ccc4c(c3)N(CCC/C=C\C5)C(=O)CO4)cc2Cl)CC1. The Balaban J connectivity index is 1.28. The first-order valence-corrected chi connectivity index (χ1v) is 14.6. The summed E-state index contributed by atoms with van der Waals surface area (Å²) >= 11 is 6.71. The van der Waals surface area contributed by atoms with E-state index >= 15 is 0 Å². The number of aromatic nitrogens is 4. The quantitative estimate of drug-likeness (QED) is 0.362. The fourth-order valence-corrected chi connectivity index (χ4v) is 6.06. The van der Waals surface area contributed by atoms with Crippen LogP contribution in [-0.2, 0) is 11.3 Å². The van der Waals surface area contributed by atoms with E-state index in [1.165, 1.54) is 0 Å². The van der Waals surface area contributed by atoms with Crippen LogP contribution in [0.5, 0.6) is 5.75 Å². The summed E-state index contributed by atoms with van der Waals surface area (Å²) < 4.78 is 9.14. The van der Waals surface area contributed by atoms with Gasteiger partial charge in [-0.15, -0.1) is 0 Å². The number of carbonyl (C=O) groups is 1. The Hall–Kier alpha value is -4.35. The second-order valence-electron chi connectivity index (χ2n) is 10.8. The Morgan fingerprint density at radius 1 is 0.976 bits per heavy atom. The number of carbonyl (C=O) groups excluding carboxylic acids is 1. The van der Waals surface area contributed by atoms with E-state index in [1.54, 1.807) is 20.5 Å². The van der Waals surface area contributed by atoms with Crippen LogP contribution < -0.4 is 25.4 Å². The molecule has 0 spiro atoms. The molecule has 2 aromatic heterocycles. The van der Waals surface area contributed by atoms with Gasteiger partial charge in [0.15, 0.2) is 12.3 Å². The molecule has 12 heteroatoms. The highest BCUT2D eigenvalue weighted by atomic mass is 35.5. The average molecular weight is 587 g/mol. The minimum atomic E-state index is -0.195. The molecule has 1 N–H and O–H groups in total. The molecule has 3 aliphatic rings. The summed E-state index contributed by atoms with van der Waals surface area (Å²) in [4.78, 5) is 41.9. The van der Waals surface area contributed by atoms with Crippen molar-refractivity contribution in [1.29, 1.82) is 0 Å². The third-order valence-electron chi connectivity index (χ3n) is 8.05. The number of hydrogen-bond acceptors (Lipinski definition) is 8. The molecule has 0 radical (unpaired) electrons. The molecule has 42 heavy (non-hydrogen) atoms. The summed E-state index contributed by atoms with van der Waals surface area (Å²) in [6.07, 6.45) is 7.18. The van der Waals surface area contributed by atoms with E-state index in [4.69, 9.17) is 21.3 Å². The number of nitrogens with one attached hydrogen (secondary N) is 1. The first-order valence-electron chi connectivity index (χ1n) is 14.2. The Labute approximate surface area is 247 Å². The molecule has 0 saturated carbocycles. The van der Waals surface area contributed by atoms with Gasteiger partial charge in [0.1, 0.15) is 11.1 Å². The van der Waals surface area contributed by atoms with Gasteiger partial charge in [0, 0.05) is 44.6 Å². The summed E-state index contributed by atoms with van der Waals surface area (Å²) in [6.45, 7) is 4.81. The number of likely N-dealkylation sites (N-methyl/N-ethyl adjacent to an activating group) is 1. The number of halogens is 1. The maximum absolute atomic E-state index is 13.6. The van der Waals surface area contributed by atoms with Crippen LogP contribution in [-0.4, -0.2) is 76.5 Å². The van der Waals surface area contributed by atoms with Gasteiger partial charge in [-0.3, -0.25) is 9.59 Å². The number of anilines is 4. The van der Waals surface area contributed by atoms with Gasteiger partial charge in [0.25, 0.3) is 11.5 Å². The second-order valence-corrected chi connectivity index (χ2v) is 11.2. The van der Waals surface area contributed by atoms with E-state index in [2.05, 4.69) is 27.1 Å². The van der Waals surface area contributed by atoms with Gasteiger partial charge >= 0.3 is 0 Å². The lowest BCUT2D eigenvalue weighted by atomic mass is 10.1. The molecule has 1 saturated heterocycles. The van der Waals surface area contributed by atoms with E-state index in [9.17, 15) is 9.59 Å². The van der Waals surface area contributed by atoms with Crippen molar-refractivity contribution in [3.8, 4) is 11.4 Å². The third-order valence-corrected chi connectivity index (χ3v) is 8.35. The summed E-state index contributed by atoms with van der Waals surface area (Å²) in [7, 11) is 2.13. The van der Waals surface area contributed by atoms with Crippen molar-refractivity contribution in [3.05, 3.63) is 70.1 Å². The summed E-state index contributed by atoms with van der Waals surface area (Å²) in [6, 6.07) is 11.5. The number of allylic oxidation sites excluding steroid dienone is 2. The topological polar surface area (TPSA) is 101 Å². The molecule has 1 amide bonds. The molecule has 216 valence electrons. The van der Waals surface area contributed by atoms with Crippen molar-refractivity contribution < 1.29 is 9.53 Å². The number of amides is 1. The molecule has 5 heterocycles. The average Bonchev–Trinajstić information content (AvgIpc) is 3.26. The number of ether oxygens (including phenoxy) is 1. The van der Waals surface area contributed by atoms with E-state index in [0.717, 1.165) is 50.4 Å². The molecule has 2 bridgehead atoms. The van der Waals surface area contributed by atoms with Crippen molar-refractivity contribution in [2.45, 2.75) is 19.4 Å². The van der Waals surface area contributed by atoms with Gasteiger partial charge in [-0.25, -0.2) is 14.3 Å². The maximum atomic E-state index is 13.6. The molecule has 7 rings (SSSR count). The zero-order valence-corrected chi connectivity index (χ0v) is 24.0. The maximum Gasteiger partial charge on any atom is 0.278 e. The summed E-state index contributed by atoms with van der Waals surface area (Å²) in [5.74, 6) is 0.901. The number of rotatable bonds is 3. The first-order chi connectivity index (χ1) is 20.5. The monoisotopic (exact) mass is 586 g/mol. The molecule has 0 aliphatic carbocycles. The standard InChI is InChI=1S/C30H31ClN8O3/c1-35-12-14-36(15-13-35)24-8-6-20(16-23(24)31)33-30-32-18-22-28(34-30)39-21-7-9-26-25(17-21)37(27(40)19-42-26)10-4-2-3-5-11-38(39)29(22)41/h3,5-9,16-18H,2,4,10-15,19H2,1H3,(H,32,33,34)/b5-3-. The van der Waals surface area contributed by atoms with Crippen molar-refractivity contribution in [2.75, 3.05) is 61.5 Å². The van der Waals surface area contributed by atoms with Crippen LogP contribution in [0.1, 0.15) is 12.8 Å². The molecule has 4 aromatic rings. The second kappa shape index (κ2) is 10.8. The van der Waals surface area contributed by atoms with Gasteiger partial charge < -0.3 is 24.8 Å². The minimum Gasteiger partial charge on any atom is -0.482 e. The van der Waals surface area contributed by atoms with E-state index in [-0.39, 0.29) is 18.1 Å². The van der Waals surface area contributed by atoms with Crippen LogP contribution in [0.4, 0.5) is 23.0 Å². The van der Waals surface area contributed by atoms with Crippen molar-refractivity contribution in [1.82, 2.24) is 24.2 Å². The number of nitrogens with zero attached hydrogens (tertiary/aromatic N) is 7. The number of hydrogen-bond donors (Lipinski definition) is 1. The number of benzene rings is 2. The lowest BCUT2D eigenvalue weighted by molar-refractivity contribution is -0.121. The highest BCUT2D eigenvalue weighted by Gasteiger charge is 2.27. The Morgan fingerprint density at radius 3 is 2.67 bits per heavy atom. The molecule has 0 unspecified atom stereocenters. The molecular weight excluding hydrogens is 556 g/mol. The molecular formula is C30H31ClN8O3. The van der Waals surface area contributed by atoms with Crippen molar-refractivity contribution >= 4 is 51.6 Å². The predicted octanol–water partition coefficient (Wildman–Crippen LogP) is 3.81. The van der Waals surface area contributed by atoms with E-state index in [0.29, 0.717) is 52.2 Å². The molecule has 11 nitrogen and oxygen atoms in total. The van der Waals surface area contributed by atoms with Crippen LogP contribution in [0.25, 0.3) is 16.7 Å². The van der Waals surface area contributed by atoms with E-state index in [1.807, 2.05) is 48.6 Å². The van der Waals surface area contributed by atoms with Crippen LogP contribution in [0.3, 0.4) is 0 Å². The van der Waals surface area contributed by atoms with Crippen LogP contribution in [0.2, 0.25) is 5.02 Å². The smallest absolute Gasteiger partial charge is 0.278 e. The van der Waals surface area contributed by atoms with Gasteiger partial charge in [-0.2, -0.15) is 4.98 Å². The normalized spacial score (nSPS) is 18.2. The molecule has 1 fully saturated rings. The minimum absolute atomic E-state index is 0.0158. The predicted molar refractivity (Wildman–Crippen MR) is 164 cm³/mol. The third kappa shape index (κ3) is 4.78. The van der Waals surface area contributed by atoms with Gasteiger partial charge in [0.2, 0.25) is 5.95 Å². The largest absolute Gasteiger partial charge is 0.482 e. The summed E-state index contributed by atoms with van der Waals surface area (Å²) in [5, 5.41) is 4.31. The fraction of sp³-hybridized carbons (Fsp3) is 0.333. The van der Waals surface area contributed by atoms with Crippen molar-refractivity contribution in [2.24, 2.45) is 0 Å². The highest BCUT2D eigenvalue weighted by molar-refractivity contribution is 6.33. The first kappa shape index (κ1) is 26.5. The van der Waals surface area contributed by atoms with Crippen LogP contribution in [0, 0.1) is 0 Å². The number of fused-ring (bicyclic) bond motifs is 5. The molecule has 2 aromatic carbocycles. The zero-order chi connectivity index (χ0) is 28.8. The highest BCUT2D eigenvalue weighted by Crippen LogP contribution is 2.35. The fourth-order valence-electron chi connectivity index (χ4n) is 5.76.